The van der Waals surface area contributed by atoms with Crippen molar-refractivity contribution in [3.8, 4) is 0 Å². The molecule has 0 aromatic rings. The first-order valence-electron chi connectivity index (χ1n) is 5.19. The molecule has 0 radical (unpaired) electrons. The SMILES string of the molecule is CC/C(CSC(C)NC(C)=O)=C(/C)C(=O)O. The number of hydrogen-bond donors (Lipinski definition) is 2. The summed E-state index contributed by atoms with van der Waals surface area (Å²) in [6.07, 6.45) is 0.720. The Morgan fingerprint density at radius 3 is 2.31 bits per heavy atom. The maximum absolute atomic E-state index is 10.8. The summed E-state index contributed by atoms with van der Waals surface area (Å²) in [6, 6.07) is 0. The molecule has 0 aromatic heterocycles. The molecule has 1 amide bonds. The normalized spacial score (nSPS) is 14.0. The number of rotatable bonds is 6. The summed E-state index contributed by atoms with van der Waals surface area (Å²) in [6.45, 7) is 6.90. The van der Waals surface area contributed by atoms with Crippen LogP contribution in [-0.4, -0.2) is 28.1 Å². The number of thioether (sulfide) groups is 1. The summed E-state index contributed by atoms with van der Waals surface area (Å²) in [5.41, 5.74) is 1.32. The number of carboxylic acid groups (broad SMARTS) is 1. The zero-order valence-electron chi connectivity index (χ0n) is 10.2. The van der Waals surface area contributed by atoms with Crippen molar-refractivity contribution in [1.82, 2.24) is 5.32 Å². The zero-order valence-corrected chi connectivity index (χ0v) is 11.0. The highest BCUT2D eigenvalue weighted by Gasteiger charge is 2.10. The van der Waals surface area contributed by atoms with Gasteiger partial charge in [0.05, 0.1) is 5.37 Å². The minimum absolute atomic E-state index is 0.000597. The molecule has 0 saturated carbocycles. The van der Waals surface area contributed by atoms with Gasteiger partial charge in [0.2, 0.25) is 5.91 Å². The molecule has 0 aromatic carbocycles. The molecule has 0 aliphatic carbocycles. The van der Waals surface area contributed by atoms with Crippen molar-refractivity contribution in [3.63, 3.8) is 0 Å². The van der Waals surface area contributed by atoms with Crippen molar-refractivity contribution in [2.75, 3.05) is 5.75 Å². The minimum Gasteiger partial charge on any atom is -0.478 e. The lowest BCUT2D eigenvalue weighted by molar-refractivity contribution is -0.132. The van der Waals surface area contributed by atoms with Gasteiger partial charge in [0.15, 0.2) is 0 Å². The number of carbonyl (C=O) groups is 2. The maximum Gasteiger partial charge on any atom is 0.331 e. The smallest absolute Gasteiger partial charge is 0.331 e. The molecular formula is C11H19NO3S. The van der Waals surface area contributed by atoms with E-state index in [1.54, 1.807) is 6.92 Å². The number of amides is 1. The third-order valence-electron chi connectivity index (χ3n) is 2.19. The predicted octanol–water partition coefficient (Wildman–Crippen LogP) is 2.01. The molecule has 5 heteroatoms. The minimum atomic E-state index is -0.871. The fraction of sp³-hybridized carbons (Fsp3) is 0.636. The van der Waals surface area contributed by atoms with Gasteiger partial charge in [-0.05, 0) is 20.3 Å². The van der Waals surface area contributed by atoms with Crippen molar-refractivity contribution in [1.29, 1.82) is 0 Å². The molecule has 0 aliphatic rings. The van der Waals surface area contributed by atoms with Gasteiger partial charge >= 0.3 is 5.97 Å². The number of nitrogens with one attached hydrogen (secondary N) is 1. The number of carbonyl (C=O) groups excluding carboxylic acids is 1. The van der Waals surface area contributed by atoms with Crippen molar-refractivity contribution in [2.24, 2.45) is 0 Å². The van der Waals surface area contributed by atoms with E-state index in [0.717, 1.165) is 12.0 Å². The fourth-order valence-electron chi connectivity index (χ4n) is 1.18. The molecule has 2 N–H and O–H groups in total. The molecule has 0 aliphatic heterocycles. The number of aliphatic carboxylic acids is 1. The van der Waals surface area contributed by atoms with E-state index in [9.17, 15) is 9.59 Å². The molecule has 0 saturated heterocycles. The van der Waals surface area contributed by atoms with Crippen LogP contribution < -0.4 is 5.32 Å². The molecular weight excluding hydrogens is 226 g/mol. The summed E-state index contributed by atoms with van der Waals surface area (Å²) in [5, 5.41) is 11.6. The lowest BCUT2D eigenvalue weighted by atomic mass is 10.1. The predicted molar refractivity (Wildman–Crippen MR) is 66.4 cm³/mol. The number of carboxylic acids is 1. The van der Waals surface area contributed by atoms with Crippen LogP contribution in [0.5, 0.6) is 0 Å². The van der Waals surface area contributed by atoms with Crippen molar-refractivity contribution in [2.45, 2.75) is 39.5 Å². The summed E-state index contributed by atoms with van der Waals surface area (Å²) in [4.78, 5) is 21.6. The van der Waals surface area contributed by atoms with Gasteiger partial charge in [-0.1, -0.05) is 12.5 Å². The van der Waals surface area contributed by atoms with E-state index in [1.807, 2.05) is 13.8 Å². The van der Waals surface area contributed by atoms with Crippen LogP contribution in [0.2, 0.25) is 0 Å². The number of hydrogen-bond acceptors (Lipinski definition) is 3. The summed E-state index contributed by atoms with van der Waals surface area (Å²) in [7, 11) is 0. The van der Waals surface area contributed by atoms with Gasteiger partial charge in [-0.15, -0.1) is 11.8 Å². The second kappa shape index (κ2) is 7.33. The van der Waals surface area contributed by atoms with Crippen LogP contribution in [0.15, 0.2) is 11.1 Å². The van der Waals surface area contributed by atoms with E-state index >= 15 is 0 Å². The van der Waals surface area contributed by atoms with Crippen molar-refractivity contribution >= 4 is 23.6 Å². The standard InChI is InChI=1S/C11H19NO3S/c1-5-10(7(2)11(14)15)6-16-9(4)12-8(3)13/h9H,5-6H2,1-4H3,(H,12,13)(H,14,15)/b10-7+. The Balaban J connectivity index is 4.31. The third-order valence-corrected chi connectivity index (χ3v) is 3.32. The van der Waals surface area contributed by atoms with Gasteiger partial charge in [0.1, 0.15) is 0 Å². The lowest BCUT2D eigenvalue weighted by Crippen LogP contribution is -2.28. The van der Waals surface area contributed by atoms with Gasteiger partial charge in [-0.3, -0.25) is 4.79 Å². The summed E-state index contributed by atoms with van der Waals surface area (Å²) < 4.78 is 0. The van der Waals surface area contributed by atoms with Crippen LogP contribution in [0.4, 0.5) is 0 Å². The third kappa shape index (κ3) is 5.80. The molecule has 0 rings (SSSR count). The van der Waals surface area contributed by atoms with Crippen LogP contribution >= 0.6 is 11.8 Å². The van der Waals surface area contributed by atoms with E-state index in [-0.39, 0.29) is 11.3 Å². The molecule has 1 atom stereocenters. The van der Waals surface area contributed by atoms with E-state index < -0.39 is 5.97 Å². The van der Waals surface area contributed by atoms with E-state index in [4.69, 9.17) is 5.11 Å². The molecule has 0 heterocycles. The van der Waals surface area contributed by atoms with Gasteiger partial charge in [0.25, 0.3) is 0 Å². The largest absolute Gasteiger partial charge is 0.478 e. The Kier molecular flexibility index (Phi) is 6.88. The Bertz CT molecular complexity index is 300. The topological polar surface area (TPSA) is 66.4 Å². The molecule has 92 valence electrons. The fourth-order valence-corrected chi connectivity index (χ4v) is 2.30. The van der Waals surface area contributed by atoms with Crippen LogP contribution in [0.1, 0.15) is 34.1 Å². The van der Waals surface area contributed by atoms with Gasteiger partial charge in [-0.25, -0.2) is 4.79 Å². The zero-order chi connectivity index (χ0) is 12.7. The molecule has 0 bridgehead atoms. The van der Waals surface area contributed by atoms with Crippen LogP contribution in [0.25, 0.3) is 0 Å². The molecule has 1 unspecified atom stereocenters. The van der Waals surface area contributed by atoms with E-state index in [1.165, 1.54) is 18.7 Å². The van der Waals surface area contributed by atoms with Crippen molar-refractivity contribution < 1.29 is 14.7 Å². The maximum atomic E-state index is 10.8. The Hall–Kier alpha value is -0.970. The highest BCUT2D eigenvalue weighted by Crippen LogP contribution is 2.18. The van der Waals surface area contributed by atoms with Crippen LogP contribution in [-0.2, 0) is 9.59 Å². The first-order chi connectivity index (χ1) is 7.38. The second-order valence-corrected chi connectivity index (χ2v) is 4.87. The Morgan fingerprint density at radius 2 is 1.94 bits per heavy atom. The van der Waals surface area contributed by atoms with Crippen LogP contribution in [0.3, 0.4) is 0 Å². The quantitative estimate of drug-likeness (QED) is 0.555. The molecule has 0 fully saturated rings. The molecule has 16 heavy (non-hydrogen) atoms. The summed E-state index contributed by atoms with van der Waals surface area (Å²) >= 11 is 1.53. The van der Waals surface area contributed by atoms with Crippen molar-refractivity contribution in [3.05, 3.63) is 11.1 Å². The monoisotopic (exact) mass is 245 g/mol. The van der Waals surface area contributed by atoms with Gasteiger partial charge in [-0.2, -0.15) is 0 Å². The van der Waals surface area contributed by atoms with Gasteiger partial charge in [0, 0.05) is 18.2 Å². The Labute approximate surface area is 100 Å². The lowest BCUT2D eigenvalue weighted by Gasteiger charge is -2.13. The first kappa shape index (κ1) is 15.0. The molecule has 4 nitrogen and oxygen atoms in total. The van der Waals surface area contributed by atoms with Crippen LogP contribution in [0, 0.1) is 0 Å². The Morgan fingerprint density at radius 1 is 1.38 bits per heavy atom. The van der Waals surface area contributed by atoms with Gasteiger partial charge < -0.3 is 10.4 Å². The average molecular weight is 245 g/mol. The first-order valence-corrected chi connectivity index (χ1v) is 6.24. The average Bonchev–Trinajstić information content (AvgIpc) is 2.16. The van der Waals surface area contributed by atoms with E-state index in [0.29, 0.717) is 11.3 Å². The highest BCUT2D eigenvalue weighted by atomic mass is 32.2. The van der Waals surface area contributed by atoms with E-state index in [2.05, 4.69) is 5.32 Å². The summed E-state index contributed by atoms with van der Waals surface area (Å²) in [5.74, 6) is -0.308. The highest BCUT2D eigenvalue weighted by molar-refractivity contribution is 8.00. The molecule has 0 spiro atoms. The second-order valence-electron chi connectivity index (χ2n) is 3.54.